The lowest BCUT2D eigenvalue weighted by Gasteiger charge is -2.34. The zero-order valence-electron chi connectivity index (χ0n) is 22.8. The Labute approximate surface area is 225 Å². The number of nitrogens with zero attached hydrogens (tertiary/aromatic N) is 3. The van der Waals surface area contributed by atoms with Gasteiger partial charge in [0.25, 0.3) is 0 Å². The third-order valence-electron chi connectivity index (χ3n) is 6.94. The van der Waals surface area contributed by atoms with Crippen LogP contribution in [0.3, 0.4) is 0 Å². The van der Waals surface area contributed by atoms with Gasteiger partial charge in [0, 0.05) is 56.8 Å². The first kappa shape index (κ1) is 27.5. The van der Waals surface area contributed by atoms with Crippen LogP contribution in [0.25, 0.3) is 0 Å². The minimum atomic E-state index is -0.503. The first-order chi connectivity index (χ1) is 18.2. The highest BCUT2D eigenvalue weighted by molar-refractivity contribution is 5.81. The van der Waals surface area contributed by atoms with Gasteiger partial charge in [0.1, 0.15) is 11.4 Å². The molecular formula is C30H39N3O5. The van der Waals surface area contributed by atoms with Crippen molar-refractivity contribution in [3.05, 3.63) is 66.0 Å². The van der Waals surface area contributed by atoms with Gasteiger partial charge in [-0.25, -0.2) is 9.59 Å². The molecular weight excluding hydrogens is 482 g/mol. The van der Waals surface area contributed by atoms with E-state index in [2.05, 4.69) is 28.6 Å². The summed E-state index contributed by atoms with van der Waals surface area (Å²) in [4.78, 5) is 32.3. The van der Waals surface area contributed by atoms with E-state index in [1.807, 2.05) is 45.3 Å². The van der Waals surface area contributed by atoms with Crippen molar-refractivity contribution in [2.75, 3.05) is 37.7 Å². The van der Waals surface area contributed by atoms with E-state index in [9.17, 15) is 9.59 Å². The monoisotopic (exact) mass is 521 g/mol. The largest absolute Gasteiger partial charge is 0.493 e. The van der Waals surface area contributed by atoms with Crippen LogP contribution in [0.15, 0.2) is 49.3 Å². The summed E-state index contributed by atoms with van der Waals surface area (Å²) in [6.45, 7) is 13.2. The first-order valence-corrected chi connectivity index (χ1v) is 13.4. The fraction of sp³-hybridized carbons (Fsp3) is 0.500. The van der Waals surface area contributed by atoms with Gasteiger partial charge in [-0.3, -0.25) is 4.98 Å². The van der Waals surface area contributed by atoms with Crippen molar-refractivity contribution < 1.29 is 23.8 Å². The Morgan fingerprint density at radius 1 is 1.13 bits per heavy atom. The highest BCUT2D eigenvalue weighted by Gasteiger charge is 2.26. The molecule has 204 valence electrons. The number of carbonyl (C=O) groups excluding carboxylic acids is 2. The van der Waals surface area contributed by atoms with Gasteiger partial charge in [-0.1, -0.05) is 12.6 Å². The SMILES string of the molecule is C=CC(=O)OCCc1cnccc1N1CCC(COc2ccc3c(c2)CN(C(=O)OC(C)(C)C)CC3)CC1. The molecule has 2 aliphatic rings. The van der Waals surface area contributed by atoms with Gasteiger partial charge in [-0.2, -0.15) is 0 Å². The van der Waals surface area contributed by atoms with E-state index >= 15 is 0 Å². The Kier molecular flexibility index (Phi) is 8.92. The van der Waals surface area contributed by atoms with Crippen LogP contribution < -0.4 is 9.64 Å². The zero-order chi connectivity index (χ0) is 27.1. The minimum absolute atomic E-state index is 0.267. The summed E-state index contributed by atoms with van der Waals surface area (Å²) in [5.74, 6) is 0.914. The van der Waals surface area contributed by atoms with Crippen LogP contribution in [0, 0.1) is 5.92 Å². The number of aromatic nitrogens is 1. The molecule has 2 aromatic rings. The van der Waals surface area contributed by atoms with E-state index in [4.69, 9.17) is 14.2 Å². The number of esters is 1. The summed E-state index contributed by atoms with van der Waals surface area (Å²) in [6.07, 6.45) is 8.08. The van der Waals surface area contributed by atoms with Crippen LogP contribution in [0.4, 0.5) is 10.5 Å². The molecule has 1 fully saturated rings. The molecule has 1 aromatic carbocycles. The van der Waals surface area contributed by atoms with Gasteiger partial charge in [0.05, 0.1) is 13.2 Å². The number of ether oxygens (including phenoxy) is 3. The predicted octanol–water partition coefficient (Wildman–Crippen LogP) is 4.94. The normalized spacial score (nSPS) is 16.0. The van der Waals surface area contributed by atoms with E-state index < -0.39 is 11.6 Å². The average molecular weight is 522 g/mol. The van der Waals surface area contributed by atoms with Crippen LogP contribution in [0.5, 0.6) is 5.75 Å². The molecule has 4 rings (SSSR count). The average Bonchev–Trinajstić information content (AvgIpc) is 2.91. The first-order valence-electron chi connectivity index (χ1n) is 13.4. The number of hydrogen-bond acceptors (Lipinski definition) is 7. The highest BCUT2D eigenvalue weighted by Crippen LogP contribution is 2.29. The number of hydrogen-bond donors (Lipinski definition) is 0. The minimum Gasteiger partial charge on any atom is -0.493 e. The third-order valence-corrected chi connectivity index (χ3v) is 6.94. The van der Waals surface area contributed by atoms with E-state index in [0.717, 1.165) is 54.9 Å². The van der Waals surface area contributed by atoms with Gasteiger partial charge in [0.2, 0.25) is 0 Å². The molecule has 0 radical (unpaired) electrons. The molecule has 2 aliphatic heterocycles. The van der Waals surface area contributed by atoms with Crippen LogP contribution in [-0.2, 0) is 33.7 Å². The van der Waals surface area contributed by atoms with Gasteiger partial charge in [-0.15, -0.1) is 0 Å². The molecule has 38 heavy (non-hydrogen) atoms. The number of benzene rings is 1. The number of piperidine rings is 1. The van der Waals surface area contributed by atoms with E-state index in [1.165, 1.54) is 11.6 Å². The van der Waals surface area contributed by atoms with Crippen LogP contribution in [0.2, 0.25) is 0 Å². The van der Waals surface area contributed by atoms with Crippen molar-refractivity contribution in [2.45, 2.75) is 58.6 Å². The Balaban J connectivity index is 1.27. The second-order valence-electron chi connectivity index (χ2n) is 10.9. The number of carbonyl (C=O) groups is 2. The van der Waals surface area contributed by atoms with Crippen molar-refractivity contribution in [2.24, 2.45) is 5.92 Å². The van der Waals surface area contributed by atoms with Gasteiger partial charge in [0.15, 0.2) is 0 Å². The highest BCUT2D eigenvalue weighted by atomic mass is 16.6. The lowest BCUT2D eigenvalue weighted by Crippen LogP contribution is -2.39. The number of anilines is 1. The second kappa shape index (κ2) is 12.3. The Hall–Kier alpha value is -3.55. The van der Waals surface area contributed by atoms with Crippen molar-refractivity contribution in [1.82, 2.24) is 9.88 Å². The van der Waals surface area contributed by atoms with Gasteiger partial charge in [-0.05, 0) is 80.8 Å². The van der Waals surface area contributed by atoms with E-state index in [-0.39, 0.29) is 6.09 Å². The molecule has 0 unspecified atom stereocenters. The number of fused-ring (bicyclic) bond motifs is 1. The van der Waals surface area contributed by atoms with Crippen molar-refractivity contribution in [1.29, 1.82) is 0 Å². The van der Waals surface area contributed by atoms with Gasteiger partial charge < -0.3 is 24.0 Å². The van der Waals surface area contributed by atoms with E-state index in [1.54, 1.807) is 4.90 Å². The Morgan fingerprint density at radius 2 is 1.92 bits per heavy atom. The molecule has 0 atom stereocenters. The standard InChI is InChI=1S/C30H39N3O5/c1-5-28(34)36-17-12-24-19-31-13-8-27(24)32-14-9-22(10-15-32)21-37-26-7-6-23-11-16-33(20-25(23)18-26)29(35)38-30(2,3)4/h5-8,13,18-19,22H,1,9-12,14-17,20-21H2,2-4H3. The number of rotatable bonds is 8. The summed E-state index contributed by atoms with van der Waals surface area (Å²) in [6, 6.07) is 8.27. The zero-order valence-corrected chi connectivity index (χ0v) is 22.8. The molecule has 0 spiro atoms. The Morgan fingerprint density at radius 3 is 2.66 bits per heavy atom. The van der Waals surface area contributed by atoms with Crippen LogP contribution in [-0.4, -0.2) is 60.4 Å². The van der Waals surface area contributed by atoms with Crippen LogP contribution in [0.1, 0.15) is 50.3 Å². The molecule has 1 saturated heterocycles. The van der Waals surface area contributed by atoms with Crippen molar-refractivity contribution >= 4 is 17.7 Å². The molecule has 8 heteroatoms. The quantitative estimate of drug-likeness (QED) is 0.359. The molecule has 0 aliphatic carbocycles. The van der Waals surface area contributed by atoms with Crippen molar-refractivity contribution in [3.8, 4) is 5.75 Å². The maximum atomic E-state index is 12.5. The molecule has 1 aromatic heterocycles. The maximum absolute atomic E-state index is 12.5. The lowest BCUT2D eigenvalue weighted by molar-refractivity contribution is -0.137. The predicted molar refractivity (Wildman–Crippen MR) is 146 cm³/mol. The summed E-state index contributed by atoms with van der Waals surface area (Å²) in [5, 5.41) is 0. The number of pyridine rings is 1. The molecule has 3 heterocycles. The molecule has 8 nitrogen and oxygen atoms in total. The Bertz CT molecular complexity index is 1130. The number of amides is 1. The van der Waals surface area contributed by atoms with E-state index in [0.29, 0.717) is 38.6 Å². The molecule has 0 N–H and O–H groups in total. The third kappa shape index (κ3) is 7.49. The fourth-order valence-electron chi connectivity index (χ4n) is 4.90. The summed E-state index contributed by atoms with van der Waals surface area (Å²) in [5.41, 5.74) is 4.11. The van der Waals surface area contributed by atoms with Gasteiger partial charge >= 0.3 is 12.1 Å². The van der Waals surface area contributed by atoms with Crippen molar-refractivity contribution in [3.63, 3.8) is 0 Å². The molecule has 0 bridgehead atoms. The molecule has 1 amide bonds. The topological polar surface area (TPSA) is 81.2 Å². The summed E-state index contributed by atoms with van der Waals surface area (Å²) in [7, 11) is 0. The maximum Gasteiger partial charge on any atom is 0.410 e. The lowest BCUT2D eigenvalue weighted by atomic mass is 9.96. The molecule has 0 saturated carbocycles. The smallest absolute Gasteiger partial charge is 0.410 e. The fourth-order valence-corrected chi connectivity index (χ4v) is 4.90. The summed E-state index contributed by atoms with van der Waals surface area (Å²) < 4.78 is 16.9. The second-order valence-corrected chi connectivity index (χ2v) is 10.9. The van der Waals surface area contributed by atoms with Crippen LogP contribution >= 0.6 is 0 Å². The summed E-state index contributed by atoms with van der Waals surface area (Å²) >= 11 is 0.